The molecule has 3 heteroatoms. The monoisotopic (exact) mass is 176 g/mol. The Bertz CT molecular complexity index is 335. The number of hydrogen-bond donors (Lipinski definition) is 1. The van der Waals surface area contributed by atoms with Crippen molar-refractivity contribution in [2.24, 2.45) is 0 Å². The van der Waals surface area contributed by atoms with E-state index in [1.165, 1.54) is 0 Å². The Morgan fingerprint density at radius 1 is 1.46 bits per heavy atom. The lowest BCUT2D eigenvalue weighted by molar-refractivity contribution is 0.0767. The molecule has 1 aliphatic rings. The molecule has 0 fully saturated rings. The highest BCUT2D eigenvalue weighted by molar-refractivity contribution is 6.01. The van der Waals surface area contributed by atoms with Crippen LogP contribution in [0.2, 0.25) is 0 Å². The molecule has 13 heavy (non-hydrogen) atoms. The largest absolute Gasteiger partial charge is 0.367 e. The summed E-state index contributed by atoms with van der Waals surface area (Å²) in [5, 5.41) is 3.20. The fourth-order valence-corrected chi connectivity index (χ4v) is 1.50. The van der Waals surface area contributed by atoms with E-state index in [0.717, 1.165) is 17.8 Å². The molecule has 0 aliphatic carbocycles. The van der Waals surface area contributed by atoms with Crippen LogP contribution < -0.4 is 5.32 Å². The molecule has 0 unspecified atom stereocenters. The number of nitrogens with one attached hydrogen (secondary N) is 1. The predicted octanol–water partition coefficient (Wildman–Crippen LogP) is 1.53. The van der Waals surface area contributed by atoms with Crippen molar-refractivity contribution in [3.05, 3.63) is 29.8 Å². The summed E-state index contributed by atoms with van der Waals surface area (Å²) in [6, 6.07) is 7.60. The molecule has 1 aromatic rings. The van der Waals surface area contributed by atoms with E-state index < -0.39 is 0 Å². The van der Waals surface area contributed by atoms with Gasteiger partial charge in [0.2, 0.25) is 0 Å². The molecule has 0 aromatic heterocycles. The van der Waals surface area contributed by atoms with Crippen LogP contribution in [-0.2, 0) is 0 Å². The zero-order chi connectivity index (χ0) is 9.26. The summed E-state index contributed by atoms with van der Waals surface area (Å²) < 4.78 is 0. The number of carbonyl (C=O) groups is 1. The van der Waals surface area contributed by atoms with Crippen molar-refractivity contribution in [1.29, 1.82) is 0 Å². The van der Waals surface area contributed by atoms with E-state index in [1.807, 2.05) is 31.2 Å². The zero-order valence-electron chi connectivity index (χ0n) is 7.58. The lowest BCUT2D eigenvalue weighted by atomic mass is 10.1. The highest BCUT2D eigenvalue weighted by Gasteiger charge is 2.21. The lowest BCUT2D eigenvalue weighted by Gasteiger charge is -2.28. The molecule has 2 rings (SSSR count). The smallest absolute Gasteiger partial charge is 0.257 e. The second-order valence-electron chi connectivity index (χ2n) is 3.04. The van der Waals surface area contributed by atoms with Gasteiger partial charge in [0.25, 0.3) is 5.91 Å². The Balaban J connectivity index is 2.39. The van der Waals surface area contributed by atoms with Crippen LogP contribution in [0, 0.1) is 0 Å². The number of hydrogen-bond acceptors (Lipinski definition) is 2. The van der Waals surface area contributed by atoms with E-state index in [0.29, 0.717) is 6.67 Å². The number of amides is 1. The Morgan fingerprint density at radius 2 is 2.23 bits per heavy atom. The van der Waals surface area contributed by atoms with Crippen LogP contribution >= 0.6 is 0 Å². The molecular formula is C10H12N2O. The Morgan fingerprint density at radius 3 is 3.00 bits per heavy atom. The SMILES string of the molecule is CCN1CNc2ccccc2C1=O. The molecule has 1 aliphatic heterocycles. The van der Waals surface area contributed by atoms with Crippen molar-refractivity contribution in [3.63, 3.8) is 0 Å². The molecule has 0 radical (unpaired) electrons. The lowest BCUT2D eigenvalue weighted by Crippen LogP contribution is -2.39. The van der Waals surface area contributed by atoms with Gasteiger partial charge in [0.15, 0.2) is 0 Å². The van der Waals surface area contributed by atoms with Crippen LogP contribution in [-0.4, -0.2) is 24.0 Å². The number of rotatable bonds is 1. The number of nitrogens with zero attached hydrogens (tertiary/aromatic N) is 1. The summed E-state index contributed by atoms with van der Waals surface area (Å²) >= 11 is 0. The van der Waals surface area contributed by atoms with Crippen LogP contribution in [0.1, 0.15) is 17.3 Å². The molecule has 0 bridgehead atoms. The second-order valence-corrected chi connectivity index (χ2v) is 3.04. The van der Waals surface area contributed by atoms with Crippen molar-refractivity contribution in [3.8, 4) is 0 Å². The molecule has 1 aromatic carbocycles. The van der Waals surface area contributed by atoms with Gasteiger partial charge < -0.3 is 10.2 Å². The number of benzene rings is 1. The van der Waals surface area contributed by atoms with Gasteiger partial charge in [0.05, 0.1) is 12.2 Å². The first-order chi connectivity index (χ1) is 6.33. The molecule has 0 saturated carbocycles. The first-order valence-electron chi connectivity index (χ1n) is 4.45. The van der Waals surface area contributed by atoms with Gasteiger partial charge in [-0.3, -0.25) is 4.79 Å². The van der Waals surface area contributed by atoms with Gasteiger partial charge in [0, 0.05) is 12.2 Å². The third kappa shape index (κ3) is 1.26. The molecule has 0 atom stereocenters. The van der Waals surface area contributed by atoms with Crippen LogP contribution in [0.3, 0.4) is 0 Å². The molecule has 1 amide bonds. The van der Waals surface area contributed by atoms with Crippen molar-refractivity contribution in [1.82, 2.24) is 4.90 Å². The van der Waals surface area contributed by atoms with E-state index in [9.17, 15) is 4.79 Å². The minimum atomic E-state index is 0.122. The maximum atomic E-state index is 11.7. The Labute approximate surface area is 77.4 Å². The number of para-hydroxylation sites is 1. The Kier molecular flexibility index (Phi) is 1.93. The fraction of sp³-hybridized carbons (Fsp3) is 0.300. The van der Waals surface area contributed by atoms with Crippen molar-refractivity contribution < 1.29 is 4.79 Å². The van der Waals surface area contributed by atoms with E-state index in [1.54, 1.807) is 4.90 Å². The summed E-state index contributed by atoms with van der Waals surface area (Å²) in [5.41, 5.74) is 1.72. The van der Waals surface area contributed by atoms with Gasteiger partial charge in [0.1, 0.15) is 0 Å². The number of fused-ring (bicyclic) bond motifs is 1. The molecule has 3 nitrogen and oxygen atoms in total. The van der Waals surface area contributed by atoms with Gasteiger partial charge in [-0.15, -0.1) is 0 Å². The van der Waals surface area contributed by atoms with E-state index in [2.05, 4.69) is 5.32 Å². The number of anilines is 1. The topological polar surface area (TPSA) is 32.3 Å². The van der Waals surface area contributed by atoms with Crippen LogP contribution in [0.4, 0.5) is 5.69 Å². The average molecular weight is 176 g/mol. The van der Waals surface area contributed by atoms with Crippen molar-refractivity contribution in [2.45, 2.75) is 6.92 Å². The number of carbonyl (C=O) groups excluding carboxylic acids is 1. The first-order valence-corrected chi connectivity index (χ1v) is 4.45. The zero-order valence-corrected chi connectivity index (χ0v) is 7.58. The highest BCUT2D eigenvalue weighted by atomic mass is 16.2. The van der Waals surface area contributed by atoms with E-state index in [-0.39, 0.29) is 5.91 Å². The third-order valence-electron chi connectivity index (χ3n) is 2.29. The quantitative estimate of drug-likeness (QED) is 0.703. The van der Waals surface area contributed by atoms with Gasteiger partial charge in [-0.1, -0.05) is 12.1 Å². The maximum absolute atomic E-state index is 11.7. The minimum absolute atomic E-state index is 0.122. The summed E-state index contributed by atoms with van der Waals surface area (Å²) in [6.45, 7) is 3.35. The molecule has 1 heterocycles. The maximum Gasteiger partial charge on any atom is 0.257 e. The van der Waals surface area contributed by atoms with E-state index >= 15 is 0 Å². The van der Waals surface area contributed by atoms with Crippen LogP contribution in [0.5, 0.6) is 0 Å². The molecule has 68 valence electrons. The van der Waals surface area contributed by atoms with Gasteiger partial charge in [-0.2, -0.15) is 0 Å². The minimum Gasteiger partial charge on any atom is -0.367 e. The summed E-state index contributed by atoms with van der Waals surface area (Å²) in [6.07, 6.45) is 0. The summed E-state index contributed by atoms with van der Waals surface area (Å²) in [5.74, 6) is 0.122. The van der Waals surface area contributed by atoms with Crippen LogP contribution in [0.25, 0.3) is 0 Å². The second kappa shape index (κ2) is 3.09. The molecule has 0 spiro atoms. The molecule has 0 saturated heterocycles. The summed E-state index contributed by atoms with van der Waals surface area (Å²) in [7, 11) is 0. The standard InChI is InChI=1S/C10H12N2O/c1-2-12-7-11-9-6-4-3-5-8(9)10(12)13/h3-6,11H,2,7H2,1H3. The predicted molar refractivity (Wildman–Crippen MR) is 51.6 cm³/mol. The normalized spacial score (nSPS) is 15.2. The molecule has 1 N–H and O–H groups in total. The Hall–Kier alpha value is -1.51. The van der Waals surface area contributed by atoms with Crippen molar-refractivity contribution in [2.75, 3.05) is 18.5 Å². The van der Waals surface area contributed by atoms with E-state index in [4.69, 9.17) is 0 Å². The third-order valence-corrected chi connectivity index (χ3v) is 2.29. The van der Waals surface area contributed by atoms with Gasteiger partial charge in [-0.05, 0) is 19.1 Å². The van der Waals surface area contributed by atoms with Crippen LogP contribution in [0.15, 0.2) is 24.3 Å². The summed E-state index contributed by atoms with van der Waals surface area (Å²) in [4.78, 5) is 13.5. The van der Waals surface area contributed by atoms with Gasteiger partial charge >= 0.3 is 0 Å². The average Bonchev–Trinajstić information content (AvgIpc) is 2.19. The highest BCUT2D eigenvalue weighted by Crippen LogP contribution is 2.20. The first kappa shape index (κ1) is 8.10. The van der Waals surface area contributed by atoms with Gasteiger partial charge in [-0.25, -0.2) is 0 Å². The fourth-order valence-electron chi connectivity index (χ4n) is 1.50. The van der Waals surface area contributed by atoms with Crippen molar-refractivity contribution >= 4 is 11.6 Å². The molecular weight excluding hydrogens is 164 g/mol.